The van der Waals surface area contributed by atoms with Crippen molar-refractivity contribution in [1.29, 1.82) is 0 Å². The standard InChI is InChI=1S/C13H24FNO2S.C9H8N4O/c1-5-8-9-10-15(4)18(16,17)13(7-3)11-12(14)6-2;1-13-7-5-2-3-10-8(5)11-4-6(7)12-9(13)14/h6-7H,5,8-11H2,1-4H3;2-4H,1H3,(H,10,11)(H,12,14)/b12-6+,13-7+;. The van der Waals surface area contributed by atoms with E-state index < -0.39 is 15.9 Å². The number of hydrogen-bond donors (Lipinski definition) is 2. The first-order chi connectivity index (χ1) is 15.2. The van der Waals surface area contributed by atoms with Crippen LogP contribution < -0.4 is 5.69 Å². The predicted molar refractivity (Wildman–Crippen MR) is 128 cm³/mol. The molecule has 0 saturated heterocycles. The highest BCUT2D eigenvalue weighted by Gasteiger charge is 2.23. The first-order valence-corrected chi connectivity index (χ1v) is 12.0. The number of imidazole rings is 1. The average Bonchev–Trinajstić information content (AvgIpc) is 3.36. The van der Waals surface area contributed by atoms with Gasteiger partial charge in [0.25, 0.3) is 0 Å². The first-order valence-electron chi connectivity index (χ1n) is 10.6. The number of rotatable bonds is 8. The van der Waals surface area contributed by atoms with E-state index in [1.165, 1.54) is 16.5 Å². The van der Waals surface area contributed by atoms with E-state index in [9.17, 15) is 17.6 Å². The molecule has 0 aromatic carbocycles. The smallest absolute Gasteiger partial charge is 0.326 e. The Hall–Kier alpha value is -2.72. The zero-order valence-corrected chi connectivity index (χ0v) is 20.1. The second-order valence-corrected chi connectivity index (χ2v) is 9.55. The zero-order valence-electron chi connectivity index (χ0n) is 19.3. The fourth-order valence-electron chi connectivity index (χ4n) is 3.26. The Kier molecular flexibility index (Phi) is 8.97. The number of hydrogen-bond acceptors (Lipinski definition) is 4. The second-order valence-electron chi connectivity index (χ2n) is 7.45. The van der Waals surface area contributed by atoms with E-state index in [0.29, 0.717) is 6.54 Å². The van der Waals surface area contributed by atoms with Crippen LogP contribution in [0.25, 0.3) is 22.1 Å². The van der Waals surface area contributed by atoms with Gasteiger partial charge in [0.1, 0.15) is 11.5 Å². The van der Waals surface area contributed by atoms with E-state index in [0.717, 1.165) is 41.3 Å². The highest BCUT2D eigenvalue weighted by Crippen LogP contribution is 2.21. The Morgan fingerprint density at radius 3 is 2.62 bits per heavy atom. The maximum atomic E-state index is 13.2. The van der Waals surface area contributed by atoms with Crippen molar-refractivity contribution in [2.75, 3.05) is 13.6 Å². The molecule has 0 aliphatic carbocycles. The maximum absolute atomic E-state index is 13.2. The third-order valence-electron chi connectivity index (χ3n) is 5.24. The molecule has 0 saturated carbocycles. The number of nitrogens with one attached hydrogen (secondary N) is 2. The molecule has 0 aliphatic heterocycles. The first kappa shape index (κ1) is 25.5. The van der Waals surface area contributed by atoms with Gasteiger partial charge in [0.05, 0.1) is 22.1 Å². The van der Waals surface area contributed by atoms with E-state index in [2.05, 4.69) is 21.9 Å². The van der Waals surface area contributed by atoms with Gasteiger partial charge in [0.2, 0.25) is 10.0 Å². The number of unbranched alkanes of at least 4 members (excludes halogenated alkanes) is 2. The van der Waals surface area contributed by atoms with Gasteiger partial charge < -0.3 is 9.97 Å². The molecule has 0 bridgehead atoms. The number of nitrogens with zero attached hydrogens (tertiary/aromatic N) is 3. The Bertz CT molecular complexity index is 1270. The van der Waals surface area contributed by atoms with E-state index in [1.54, 1.807) is 38.7 Å². The molecule has 3 rings (SSSR count). The van der Waals surface area contributed by atoms with E-state index in [-0.39, 0.29) is 17.0 Å². The minimum atomic E-state index is -3.52. The summed E-state index contributed by atoms with van der Waals surface area (Å²) >= 11 is 0. The normalized spacial score (nSPS) is 13.1. The average molecular weight is 466 g/mol. The van der Waals surface area contributed by atoms with Crippen molar-refractivity contribution in [1.82, 2.24) is 23.8 Å². The number of fused-ring (bicyclic) bond motifs is 3. The second kappa shape index (κ2) is 11.2. The van der Waals surface area contributed by atoms with E-state index in [1.807, 2.05) is 12.3 Å². The summed E-state index contributed by atoms with van der Waals surface area (Å²) in [7, 11) is -0.236. The third kappa shape index (κ3) is 5.74. The van der Waals surface area contributed by atoms with Crippen LogP contribution >= 0.6 is 0 Å². The van der Waals surface area contributed by atoms with Crippen molar-refractivity contribution in [3.05, 3.63) is 51.8 Å². The molecule has 2 N–H and O–H groups in total. The summed E-state index contributed by atoms with van der Waals surface area (Å²) < 4.78 is 40.4. The quantitative estimate of drug-likeness (QED) is 0.483. The van der Waals surface area contributed by atoms with Crippen LogP contribution in [0.3, 0.4) is 0 Å². The minimum Gasteiger partial charge on any atom is -0.346 e. The highest BCUT2D eigenvalue weighted by molar-refractivity contribution is 7.93. The number of pyridine rings is 1. The molecule has 0 atom stereocenters. The van der Waals surface area contributed by atoms with Crippen molar-refractivity contribution in [2.24, 2.45) is 7.05 Å². The predicted octanol–water partition coefficient (Wildman–Crippen LogP) is 4.35. The lowest BCUT2D eigenvalue weighted by atomic mass is 10.2. The molecule has 32 heavy (non-hydrogen) atoms. The SMILES string of the molecule is C/C=C(/F)C/C(=C\C)S(=O)(=O)N(C)CCCCC.Cn1c(=O)[nH]c2cnc3[nH]ccc3c21. The van der Waals surface area contributed by atoms with Gasteiger partial charge in [-0.1, -0.05) is 31.9 Å². The summed E-state index contributed by atoms with van der Waals surface area (Å²) in [5.41, 5.74) is 2.34. The van der Waals surface area contributed by atoms with Crippen LogP contribution in [0.4, 0.5) is 4.39 Å². The number of H-pyrrole nitrogens is 2. The van der Waals surface area contributed by atoms with Crippen molar-refractivity contribution in [3.8, 4) is 0 Å². The van der Waals surface area contributed by atoms with Gasteiger partial charge in [-0.15, -0.1) is 0 Å². The Morgan fingerprint density at radius 2 is 2.00 bits per heavy atom. The summed E-state index contributed by atoms with van der Waals surface area (Å²) in [6.07, 6.45) is 8.93. The van der Waals surface area contributed by atoms with Gasteiger partial charge >= 0.3 is 5.69 Å². The molecule has 10 heteroatoms. The number of halogens is 1. The van der Waals surface area contributed by atoms with Crippen LogP contribution in [0.2, 0.25) is 0 Å². The minimum absolute atomic E-state index is 0.115. The van der Waals surface area contributed by atoms with Gasteiger partial charge in [0, 0.05) is 38.6 Å². The molecule has 176 valence electrons. The van der Waals surface area contributed by atoms with Crippen molar-refractivity contribution in [3.63, 3.8) is 0 Å². The Balaban J connectivity index is 0.000000231. The monoisotopic (exact) mass is 465 g/mol. The summed E-state index contributed by atoms with van der Waals surface area (Å²) in [5, 5.41) is 0.961. The molecular formula is C22H32FN5O3S. The van der Waals surface area contributed by atoms with Crippen LogP contribution in [0.15, 0.2) is 46.1 Å². The molecule has 3 aromatic rings. The number of sulfonamides is 1. The number of aromatic nitrogens is 4. The molecule has 0 aliphatic rings. The van der Waals surface area contributed by atoms with Gasteiger partial charge in [-0.25, -0.2) is 26.9 Å². The number of aryl methyl sites for hydroxylation is 1. The van der Waals surface area contributed by atoms with Gasteiger partial charge in [-0.05, 0) is 26.3 Å². The number of aromatic amines is 2. The summed E-state index contributed by atoms with van der Waals surface area (Å²) in [6.45, 7) is 5.72. The van der Waals surface area contributed by atoms with E-state index in [4.69, 9.17) is 0 Å². The topological polar surface area (TPSA) is 104 Å². The molecule has 3 heterocycles. The molecule has 0 amide bonds. The summed E-state index contributed by atoms with van der Waals surface area (Å²) in [5.74, 6) is -0.423. The van der Waals surface area contributed by atoms with Crippen LogP contribution in [0.1, 0.15) is 46.5 Å². The van der Waals surface area contributed by atoms with Crippen LogP contribution in [-0.2, 0) is 17.1 Å². The molecular weight excluding hydrogens is 433 g/mol. The molecule has 0 radical (unpaired) electrons. The van der Waals surface area contributed by atoms with Crippen LogP contribution in [0, 0.1) is 0 Å². The number of allylic oxidation sites excluding steroid dienone is 4. The lowest BCUT2D eigenvalue weighted by Gasteiger charge is -2.18. The van der Waals surface area contributed by atoms with Crippen LogP contribution in [0.5, 0.6) is 0 Å². The Labute approximate surface area is 187 Å². The summed E-state index contributed by atoms with van der Waals surface area (Å²) in [6, 6.07) is 1.91. The van der Waals surface area contributed by atoms with Gasteiger partial charge in [0.15, 0.2) is 0 Å². The lowest BCUT2D eigenvalue weighted by Crippen LogP contribution is -2.29. The third-order valence-corrected chi connectivity index (χ3v) is 7.28. The fourth-order valence-corrected chi connectivity index (χ4v) is 4.65. The van der Waals surface area contributed by atoms with Crippen LogP contribution in [-0.4, -0.2) is 45.8 Å². The fraction of sp³-hybridized carbons (Fsp3) is 0.455. The van der Waals surface area contributed by atoms with Gasteiger partial charge in [-0.2, -0.15) is 0 Å². The van der Waals surface area contributed by atoms with E-state index >= 15 is 0 Å². The maximum Gasteiger partial charge on any atom is 0.326 e. The molecule has 0 unspecified atom stereocenters. The molecule has 8 nitrogen and oxygen atoms in total. The van der Waals surface area contributed by atoms with Crippen molar-refractivity contribution < 1.29 is 12.8 Å². The van der Waals surface area contributed by atoms with Crippen molar-refractivity contribution in [2.45, 2.75) is 46.5 Å². The van der Waals surface area contributed by atoms with Gasteiger partial charge in [-0.3, -0.25) is 4.57 Å². The highest BCUT2D eigenvalue weighted by atomic mass is 32.2. The lowest BCUT2D eigenvalue weighted by molar-refractivity contribution is 0.457. The molecule has 0 spiro atoms. The summed E-state index contributed by atoms with van der Waals surface area (Å²) in [4.78, 5) is 21.4. The zero-order chi connectivity index (χ0) is 23.9. The largest absolute Gasteiger partial charge is 0.346 e. The molecule has 0 fully saturated rings. The molecule has 3 aromatic heterocycles. The Morgan fingerprint density at radius 1 is 1.28 bits per heavy atom. The van der Waals surface area contributed by atoms with Crippen molar-refractivity contribution >= 4 is 32.1 Å².